The zero-order valence-electron chi connectivity index (χ0n) is 11.3. The van der Waals surface area contributed by atoms with E-state index in [1.165, 1.54) is 6.33 Å². The molecule has 7 heteroatoms. The maximum Gasteiger partial charge on any atom is 0.157 e. The molecule has 3 heterocycles. The van der Waals surface area contributed by atoms with E-state index in [-0.39, 0.29) is 0 Å². The number of aldehydes is 1. The second-order valence-corrected chi connectivity index (χ2v) is 4.75. The summed E-state index contributed by atoms with van der Waals surface area (Å²) in [6.07, 6.45) is 2.39. The summed E-state index contributed by atoms with van der Waals surface area (Å²) in [5.74, 6) is 1.42. The fourth-order valence-corrected chi connectivity index (χ4v) is 2.54. The summed E-state index contributed by atoms with van der Waals surface area (Å²) in [7, 11) is 0. The van der Waals surface area contributed by atoms with Gasteiger partial charge in [-0.15, -0.1) is 0 Å². The van der Waals surface area contributed by atoms with Crippen LogP contribution in [-0.2, 0) is 9.47 Å². The number of carbonyl (C=O) groups is 1. The van der Waals surface area contributed by atoms with Crippen LogP contribution in [0.4, 0.5) is 11.6 Å². The third-order valence-electron chi connectivity index (χ3n) is 3.58. The van der Waals surface area contributed by atoms with Crippen LogP contribution in [0, 0.1) is 0 Å². The van der Waals surface area contributed by atoms with Gasteiger partial charge in [-0.2, -0.15) is 0 Å². The molecule has 0 aliphatic carbocycles. The third kappa shape index (κ3) is 2.59. The molecule has 0 aromatic carbocycles. The van der Waals surface area contributed by atoms with Crippen molar-refractivity contribution in [2.24, 2.45) is 0 Å². The Kier molecular flexibility index (Phi) is 4.08. The molecule has 2 fully saturated rings. The normalized spacial score (nSPS) is 20.0. The molecule has 0 amide bonds. The molecule has 0 N–H and O–H groups in total. The van der Waals surface area contributed by atoms with Crippen molar-refractivity contribution in [3.8, 4) is 0 Å². The largest absolute Gasteiger partial charge is 0.378 e. The molecule has 0 atom stereocenters. The Morgan fingerprint density at radius 2 is 1.35 bits per heavy atom. The van der Waals surface area contributed by atoms with Crippen molar-refractivity contribution >= 4 is 17.9 Å². The number of hydrogen-bond donors (Lipinski definition) is 0. The van der Waals surface area contributed by atoms with Gasteiger partial charge in [-0.1, -0.05) is 0 Å². The highest BCUT2D eigenvalue weighted by Gasteiger charge is 2.23. The van der Waals surface area contributed by atoms with Gasteiger partial charge < -0.3 is 19.3 Å². The van der Waals surface area contributed by atoms with Gasteiger partial charge in [0, 0.05) is 26.2 Å². The fourth-order valence-electron chi connectivity index (χ4n) is 2.54. The topological polar surface area (TPSA) is 67.8 Å². The average molecular weight is 278 g/mol. The number of nitrogens with zero attached hydrogens (tertiary/aromatic N) is 4. The van der Waals surface area contributed by atoms with E-state index >= 15 is 0 Å². The first-order valence-electron chi connectivity index (χ1n) is 6.85. The van der Waals surface area contributed by atoms with Crippen molar-refractivity contribution < 1.29 is 14.3 Å². The van der Waals surface area contributed by atoms with Crippen molar-refractivity contribution in [2.75, 3.05) is 62.4 Å². The number of ether oxygens (including phenoxy) is 2. The average Bonchev–Trinajstić information content (AvgIpc) is 2.55. The molecular weight excluding hydrogens is 260 g/mol. The van der Waals surface area contributed by atoms with Gasteiger partial charge in [0.15, 0.2) is 6.29 Å². The summed E-state index contributed by atoms with van der Waals surface area (Å²) < 4.78 is 10.7. The minimum Gasteiger partial charge on any atom is -0.378 e. The second kappa shape index (κ2) is 6.15. The number of aromatic nitrogens is 2. The van der Waals surface area contributed by atoms with Gasteiger partial charge in [-0.25, -0.2) is 9.97 Å². The number of rotatable bonds is 3. The molecule has 2 aliphatic heterocycles. The Bertz CT molecular complexity index is 434. The van der Waals surface area contributed by atoms with E-state index in [0.29, 0.717) is 43.6 Å². The van der Waals surface area contributed by atoms with E-state index < -0.39 is 0 Å². The molecule has 3 rings (SSSR count). The first-order valence-corrected chi connectivity index (χ1v) is 6.85. The van der Waals surface area contributed by atoms with Gasteiger partial charge in [0.1, 0.15) is 18.0 Å². The number of hydrogen-bond acceptors (Lipinski definition) is 7. The Morgan fingerprint density at radius 1 is 0.900 bits per heavy atom. The number of carbonyl (C=O) groups excluding carboxylic acids is 1. The fraction of sp³-hybridized carbons (Fsp3) is 0.615. The quantitative estimate of drug-likeness (QED) is 0.719. The smallest absolute Gasteiger partial charge is 0.157 e. The summed E-state index contributed by atoms with van der Waals surface area (Å²) in [6, 6.07) is 0. The summed E-state index contributed by atoms with van der Waals surface area (Å²) in [5.41, 5.74) is 0.566. The Balaban J connectivity index is 1.91. The Hall–Kier alpha value is -1.73. The minimum absolute atomic E-state index is 0.566. The molecule has 2 saturated heterocycles. The van der Waals surface area contributed by atoms with E-state index in [9.17, 15) is 4.79 Å². The van der Waals surface area contributed by atoms with E-state index in [1.54, 1.807) is 0 Å². The van der Waals surface area contributed by atoms with E-state index in [0.717, 1.165) is 32.5 Å². The van der Waals surface area contributed by atoms with Crippen LogP contribution in [0.25, 0.3) is 0 Å². The lowest BCUT2D eigenvalue weighted by Gasteiger charge is -2.32. The number of anilines is 2. The SMILES string of the molecule is O=Cc1c(N2CCOCC2)ncnc1N1CCOCC1. The van der Waals surface area contributed by atoms with E-state index in [2.05, 4.69) is 19.8 Å². The molecule has 0 bridgehead atoms. The predicted octanol–water partition coefficient (Wildman–Crippen LogP) is -0.0377. The summed E-state index contributed by atoms with van der Waals surface area (Å²) >= 11 is 0. The van der Waals surface area contributed by atoms with Crippen molar-refractivity contribution in [3.05, 3.63) is 11.9 Å². The van der Waals surface area contributed by atoms with Gasteiger partial charge in [0.05, 0.1) is 32.0 Å². The highest BCUT2D eigenvalue weighted by molar-refractivity contribution is 5.90. The van der Waals surface area contributed by atoms with Gasteiger partial charge in [-0.3, -0.25) is 4.79 Å². The zero-order valence-corrected chi connectivity index (χ0v) is 11.3. The summed E-state index contributed by atoms with van der Waals surface area (Å²) in [4.78, 5) is 24.3. The standard InChI is InChI=1S/C13H18N4O3/c18-9-11-12(16-1-5-19-6-2-16)14-10-15-13(11)17-3-7-20-8-4-17/h9-10H,1-8H2. The maximum atomic E-state index is 11.5. The summed E-state index contributed by atoms with van der Waals surface area (Å²) in [5, 5.41) is 0. The lowest BCUT2D eigenvalue weighted by atomic mass is 10.2. The van der Waals surface area contributed by atoms with Gasteiger partial charge in [0.2, 0.25) is 0 Å². The molecule has 0 radical (unpaired) electrons. The van der Waals surface area contributed by atoms with Crippen LogP contribution in [0.3, 0.4) is 0 Å². The molecule has 0 spiro atoms. The summed E-state index contributed by atoms with van der Waals surface area (Å²) in [6.45, 7) is 5.65. The maximum absolute atomic E-state index is 11.5. The van der Waals surface area contributed by atoms with Crippen LogP contribution in [0.1, 0.15) is 10.4 Å². The van der Waals surface area contributed by atoms with Gasteiger partial charge in [-0.05, 0) is 0 Å². The highest BCUT2D eigenvalue weighted by Crippen LogP contribution is 2.25. The van der Waals surface area contributed by atoms with Gasteiger partial charge in [0.25, 0.3) is 0 Å². The molecule has 7 nitrogen and oxygen atoms in total. The van der Waals surface area contributed by atoms with Gasteiger partial charge >= 0.3 is 0 Å². The molecule has 2 aliphatic rings. The van der Waals surface area contributed by atoms with Crippen LogP contribution in [0.15, 0.2) is 6.33 Å². The van der Waals surface area contributed by atoms with Crippen LogP contribution in [-0.4, -0.2) is 68.9 Å². The number of morpholine rings is 2. The Labute approximate surface area is 117 Å². The van der Waals surface area contributed by atoms with Crippen molar-refractivity contribution in [1.29, 1.82) is 0 Å². The van der Waals surface area contributed by atoms with E-state index in [1.807, 2.05) is 0 Å². The molecule has 0 unspecified atom stereocenters. The van der Waals surface area contributed by atoms with Crippen LogP contribution < -0.4 is 9.80 Å². The lowest BCUT2D eigenvalue weighted by molar-refractivity contribution is 0.111. The lowest BCUT2D eigenvalue weighted by Crippen LogP contribution is -2.40. The molecular formula is C13H18N4O3. The van der Waals surface area contributed by atoms with Crippen molar-refractivity contribution in [1.82, 2.24) is 9.97 Å². The second-order valence-electron chi connectivity index (χ2n) is 4.75. The van der Waals surface area contributed by atoms with Crippen LogP contribution >= 0.6 is 0 Å². The van der Waals surface area contributed by atoms with Crippen LogP contribution in [0.5, 0.6) is 0 Å². The highest BCUT2D eigenvalue weighted by atomic mass is 16.5. The molecule has 20 heavy (non-hydrogen) atoms. The minimum atomic E-state index is 0.566. The van der Waals surface area contributed by atoms with Crippen LogP contribution in [0.2, 0.25) is 0 Å². The first-order chi connectivity index (χ1) is 9.90. The Morgan fingerprint density at radius 3 is 1.75 bits per heavy atom. The third-order valence-corrected chi connectivity index (χ3v) is 3.58. The predicted molar refractivity (Wildman–Crippen MR) is 73.5 cm³/mol. The first kappa shape index (κ1) is 13.3. The monoisotopic (exact) mass is 278 g/mol. The molecule has 1 aromatic rings. The van der Waals surface area contributed by atoms with Crippen molar-refractivity contribution in [2.45, 2.75) is 0 Å². The molecule has 108 valence electrons. The molecule has 0 saturated carbocycles. The van der Waals surface area contributed by atoms with E-state index in [4.69, 9.17) is 9.47 Å². The van der Waals surface area contributed by atoms with Crippen molar-refractivity contribution in [3.63, 3.8) is 0 Å². The zero-order chi connectivity index (χ0) is 13.8. The molecule has 1 aromatic heterocycles.